The van der Waals surface area contributed by atoms with Gasteiger partial charge in [0.05, 0.1) is 0 Å². The van der Waals surface area contributed by atoms with Crippen molar-refractivity contribution in [3.05, 3.63) is 70.3 Å². The largest absolute Gasteiger partial charge is 0.352 e. The van der Waals surface area contributed by atoms with Crippen LogP contribution in [0.3, 0.4) is 0 Å². The SMILES string of the molecule is O=C(CCNC(=O)N1CCc2ccccc2C1)NCc1ccc2c(c1)CNC2. The Balaban J connectivity index is 1.18. The Bertz CT molecular complexity index is 881. The van der Waals surface area contributed by atoms with Crippen LogP contribution in [-0.2, 0) is 37.4 Å². The molecule has 0 aliphatic carbocycles. The van der Waals surface area contributed by atoms with E-state index in [0.717, 1.165) is 25.1 Å². The Hall–Kier alpha value is -2.86. The number of benzene rings is 2. The molecule has 3 N–H and O–H groups in total. The first-order chi connectivity index (χ1) is 13.7. The average molecular weight is 378 g/mol. The number of carbonyl (C=O) groups excluding carboxylic acids is 2. The second kappa shape index (κ2) is 8.44. The molecule has 2 aliphatic heterocycles. The van der Waals surface area contributed by atoms with Crippen LogP contribution in [0.5, 0.6) is 0 Å². The summed E-state index contributed by atoms with van der Waals surface area (Å²) in [7, 11) is 0. The molecule has 0 atom stereocenters. The van der Waals surface area contributed by atoms with E-state index in [1.54, 1.807) is 4.90 Å². The smallest absolute Gasteiger partial charge is 0.317 e. The van der Waals surface area contributed by atoms with E-state index in [1.807, 2.05) is 12.1 Å². The predicted octanol–water partition coefficient (Wildman–Crippen LogP) is 2.06. The maximum atomic E-state index is 12.4. The van der Waals surface area contributed by atoms with E-state index in [9.17, 15) is 9.59 Å². The van der Waals surface area contributed by atoms with E-state index in [4.69, 9.17) is 0 Å². The van der Waals surface area contributed by atoms with E-state index < -0.39 is 0 Å². The molecule has 0 saturated carbocycles. The van der Waals surface area contributed by atoms with Crippen LogP contribution in [-0.4, -0.2) is 29.9 Å². The van der Waals surface area contributed by atoms with Gasteiger partial charge in [-0.15, -0.1) is 0 Å². The van der Waals surface area contributed by atoms with Gasteiger partial charge in [0.15, 0.2) is 0 Å². The minimum atomic E-state index is -0.103. The molecule has 0 fully saturated rings. The molecule has 2 aromatic carbocycles. The van der Waals surface area contributed by atoms with Crippen LogP contribution >= 0.6 is 0 Å². The summed E-state index contributed by atoms with van der Waals surface area (Å²) in [5.74, 6) is -0.0529. The summed E-state index contributed by atoms with van der Waals surface area (Å²) in [6.07, 6.45) is 1.16. The second-order valence-electron chi connectivity index (χ2n) is 7.41. The van der Waals surface area contributed by atoms with Crippen LogP contribution < -0.4 is 16.0 Å². The normalized spacial score (nSPS) is 14.9. The molecule has 0 spiro atoms. The Morgan fingerprint density at radius 3 is 2.68 bits per heavy atom. The lowest BCUT2D eigenvalue weighted by Crippen LogP contribution is -2.43. The average Bonchev–Trinajstić information content (AvgIpc) is 3.19. The highest BCUT2D eigenvalue weighted by Crippen LogP contribution is 2.18. The van der Waals surface area contributed by atoms with Crippen molar-refractivity contribution in [1.29, 1.82) is 0 Å². The highest BCUT2D eigenvalue weighted by molar-refractivity contribution is 5.78. The number of carbonyl (C=O) groups is 2. The highest BCUT2D eigenvalue weighted by Gasteiger charge is 2.20. The molecule has 2 aliphatic rings. The summed E-state index contributed by atoms with van der Waals surface area (Å²) in [4.78, 5) is 26.2. The molecule has 0 saturated heterocycles. The van der Waals surface area contributed by atoms with Crippen LogP contribution in [0.25, 0.3) is 0 Å². The van der Waals surface area contributed by atoms with Crippen LogP contribution in [0.1, 0.15) is 34.2 Å². The number of amides is 3. The third-order valence-corrected chi connectivity index (χ3v) is 5.44. The van der Waals surface area contributed by atoms with Gasteiger partial charge in [0.1, 0.15) is 0 Å². The molecule has 0 bridgehead atoms. The minimum Gasteiger partial charge on any atom is -0.352 e. The number of hydrogen-bond acceptors (Lipinski definition) is 3. The van der Waals surface area contributed by atoms with Gasteiger partial charge in [-0.1, -0.05) is 42.5 Å². The zero-order valence-electron chi connectivity index (χ0n) is 16.0. The van der Waals surface area contributed by atoms with Gasteiger partial charge in [0.25, 0.3) is 0 Å². The van der Waals surface area contributed by atoms with Crippen molar-refractivity contribution in [3.8, 4) is 0 Å². The maximum absolute atomic E-state index is 12.4. The van der Waals surface area contributed by atoms with Crippen molar-refractivity contribution >= 4 is 11.9 Å². The van der Waals surface area contributed by atoms with E-state index in [2.05, 4.69) is 46.3 Å². The zero-order valence-corrected chi connectivity index (χ0v) is 16.0. The maximum Gasteiger partial charge on any atom is 0.317 e. The van der Waals surface area contributed by atoms with Gasteiger partial charge in [-0.2, -0.15) is 0 Å². The van der Waals surface area contributed by atoms with E-state index in [0.29, 0.717) is 26.2 Å². The fraction of sp³-hybridized carbons (Fsp3) is 0.364. The second-order valence-corrected chi connectivity index (χ2v) is 7.41. The lowest BCUT2D eigenvalue weighted by Gasteiger charge is -2.28. The predicted molar refractivity (Wildman–Crippen MR) is 107 cm³/mol. The molecule has 4 rings (SSSR count). The summed E-state index contributed by atoms with van der Waals surface area (Å²) in [6, 6.07) is 14.4. The molecule has 0 aromatic heterocycles. The van der Waals surface area contributed by atoms with Gasteiger partial charge in [-0.05, 0) is 34.2 Å². The van der Waals surface area contributed by atoms with Gasteiger partial charge in [0.2, 0.25) is 5.91 Å². The Labute approximate surface area is 165 Å². The van der Waals surface area contributed by atoms with E-state index in [-0.39, 0.29) is 18.4 Å². The summed E-state index contributed by atoms with van der Waals surface area (Å²) in [5, 5.41) is 9.12. The highest BCUT2D eigenvalue weighted by atomic mass is 16.2. The molecule has 6 heteroatoms. The quantitative estimate of drug-likeness (QED) is 0.746. The lowest BCUT2D eigenvalue weighted by atomic mass is 10.0. The Morgan fingerprint density at radius 2 is 1.79 bits per heavy atom. The number of fused-ring (bicyclic) bond motifs is 2. The van der Waals surface area contributed by atoms with Crippen molar-refractivity contribution in [2.45, 2.75) is 39.0 Å². The van der Waals surface area contributed by atoms with Crippen molar-refractivity contribution in [2.24, 2.45) is 0 Å². The first kappa shape index (κ1) is 18.5. The van der Waals surface area contributed by atoms with Crippen LogP contribution in [0.15, 0.2) is 42.5 Å². The minimum absolute atomic E-state index is 0.0529. The molecule has 2 heterocycles. The summed E-state index contributed by atoms with van der Waals surface area (Å²) in [5.41, 5.74) is 6.26. The van der Waals surface area contributed by atoms with Crippen molar-refractivity contribution in [1.82, 2.24) is 20.9 Å². The summed E-state index contributed by atoms with van der Waals surface area (Å²) < 4.78 is 0. The molecule has 2 aromatic rings. The van der Waals surface area contributed by atoms with Gasteiger partial charge in [-0.25, -0.2) is 4.79 Å². The number of nitrogens with zero attached hydrogens (tertiary/aromatic N) is 1. The number of nitrogens with one attached hydrogen (secondary N) is 3. The molecular formula is C22H26N4O2. The van der Waals surface area contributed by atoms with Crippen LogP contribution in [0.4, 0.5) is 4.79 Å². The number of urea groups is 1. The van der Waals surface area contributed by atoms with E-state index in [1.165, 1.54) is 22.3 Å². The van der Waals surface area contributed by atoms with E-state index >= 15 is 0 Å². The fourth-order valence-electron chi connectivity index (χ4n) is 3.81. The Kier molecular flexibility index (Phi) is 5.58. The van der Waals surface area contributed by atoms with Crippen molar-refractivity contribution in [3.63, 3.8) is 0 Å². The van der Waals surface area contributed by atoms with Crippen LogP contribution in [0.2, 0.25) is 0 Å². The molecule has 0 radical (unpaired) electrons. The van der Waals surface area contributed by atoms with Gasteiger partial charge in [-0.3, -0.25) is 4.79 Å². The fourth-order valence-corrected chi connectivity index (χ4v) is 3.81. The van der Waals surface area contributed by atoms with Crippen LogP contribution in [0, 0.1) is 0 Å². The summed E-state index contributed by atoms with van der Waals surface area (Å²) in [6.45, 7) is 4.01. The molecule has 3 amide bonds. The van der Waals surface area contributed by atoms with Crippen molar-refractivity contribution in [2.75, 3.05) is 13.1 Å². The lowest BCUT2D eigenvalue weighted by molar-refractivity contribution is -0.121. The van der Waals surface area contributed by atoms with Gasteiger partial charge < -0.3 is 20.9 Å². The zero-order chi connectivity index (χ0) is 19.3. The Morgan fingerprint density at radius 1 is 0.964 bits per heavy atom. The first-order valence-electron chi connectivity index (χ1n) is 9.87. The molecule has 6 nitrogen and oxygen atoms in total. The standard InChI is InChI=1S/C22H26N4O2/c27-21(25-12-16-5-6-18-13-23-14-20(18)11-16)7-9-24-22(28)26-10-8-17-3-1-2-4-19(17)15-26/h1-6,11,23H,7-10,12-15H2,(H,24,28)(H,25,27). The molecule has 0 unspecified atom stereocenters. The summed E-state index contributed by atoms with van der Waals surface area (Å²) >= 11 is 0. The van der Waals surface area contributed by atoms with Crippen molar-refractivity contribution < 1.29 is 9.59 Å². The molecule has 146 valence electrons. The molecular weight excluding hydrogens is 352 g/mol. The third-order valence-electron chi connectivity index (χ3n) is 5.44. The van der Waals surface area contributed by atoms with Gasteiger partial charge in [0, 0.05) is 45.7 Å². The number of rotatable bonds is 5. The monoisotopic (exact) mass is 378 g/mol. The number of hydrogen-bond donors (Lipinski definition) is 3. The third kappa shape index (κ3) is 4.34. The van der Waals surface area contributed by atoms with Gasteiger partial charge >= 0.3 is 6.03 Å². The molecule has 28 heavy (non-hydrogen) atoms. The topological polar surface area (TPSA) is 73.5 Å². The first-order valence-corrected chi connectivity index (χ1v) is 9.87.